The first-order valence-electron chi connectivity index (χ1n) is 42.8. The molecule has 0 spiro atoms. The molecule has 0 amide bonds. The summed E-state index contributed by atoms with van der Waals surface area (Å²) in [5.74, 6) is -3.72. The molecule has 3 fully saturated rings. The Morgan fingerprint density at radius 1 is 0.469 bits per heavy atom. The van der Waals surface area contributed by atoms with E-state index >= 15 is 4.39 Å². The number of hydrogen-bond acceptors (Lipinski definition) is 24. The molecule has 14 aromatic rings. The minimum atomic E-state index is -4.00. The molecule has 17 rings (SSSR count). The third-order valence-corrected chi connectivity index (χ3v) is 31.5. The van der Waals surface area contributed by atoms with Crippen LogP contribution in [-0.4, -0.2) is 167 Å². The van der Waals surface area contributed by atoms with Crippen LogP contribution in [0.5, 0.6) is 0 Å². The molecule has 0 radical (unpaired) electrons. The van der Waals surface area contributed by atoms with E-state index in [0.29, 0.717) is 93.9 Å². The number of aromatic nitrogens is 10. The van der Waals surface area contributed by atoms with Crippen LogP contribution >= 0.6 is 103 Å². The van der Waals surface area contributed by atoms with Gasteiger partial charge >= 0.3 is 19.3 Å². The maximum Gasteiger partial charge on any atom is 0.494 e. The van der Waals surface area contributed by atoms with Crippen LogP contribution in [0.25, 0.3) is 55.0 Å². The van der Waals surface area contributed by atoms with Gasteiger partial charge in [-0.05, 0) is 287 Å². The summed E-state index contributed by atoms with van der Waals surface area (Å²) >= 11 is 33.8. The average molecular weight is 2280 g/mol. The van der Waals surface area contributed by atoms with Crippen molar-refractivity contribution in [3.63, 3.8) is 0 Å². The van der Waals surface area contributed by atoms with Gasteiger partial charge in [0.2, 0.25) is 5.95 Å². The number of nitrogen functional groups attached to an aromatic ring is 1. The molecule has 7 aromatic carbocycles. The molecule has 2 aliphatic carbocycles. The molecule has 7 aromatic heterocycles. The van der Waals surface area contributed by atoms with Gasteiger partial charge in [-0.15, -0.1) is 25.0 Å². The molecule has 0 atom stereocenters. The number of halogens is 13. The van der Waals surface area contributed by atoms with Crippen molar-refractivity contribution >= 4 is 196 Å². The van der Waals surface area contributed by atoms with Crippen LogP contribution in [0.2, 0.25) is 20.1 Å². The lowest BCUT2D eigenvalue weighted by Crippen LogP contribution is -2.41. The topological polar surface area (TPSA) is 395 Å². The number of rotatable bonds is 16. The third kappa shape index (κ3) is 33.3. The van der Waals surface area contributed by atoms with Crippen LogP contribution in [0.3, 0.4) is 0 Å². The average Bonchev–Trinajstić information content (AvgIpc) is 1.61. The number of nitrogens with zero attached hydrogens (tertiary/aromatic N) is 12. The van der Waals surface area contributed by atoms with Crippen molar-refractivity contribution in [3.05, 3.63) is 293 Å². The highest BCUT2D eigenvalue weighted by Gasteiger charge is 2.52. The number of thiol groups is 1. The molecule has 26 nitrogen and oxygen atoms in total. The molecular weight excluding hydrogens is 2160 g/mol. The molecule has 0 bridgehead atoms. The Morgan fingerprint density at radius 3 is 1.27 bits per heavy atom. The van der Waals surface area contributed by atoms with E-state index in [1.807, 2.05) is 82.3 Å². The van der Waals surface area contributed by atoms with E-state index < -0.39 is 83.7 Å². The second-order valence-corrected chi connectivity index (χ2v) is 43.2. The van der Waals surface area contributed by atoms with Crippen LogP contribution in [0.15, 0.2) is 223 Å². The van der Waals surface area contributed by atoms with Crippen LogP contribution in [0.1, 0.15) is 136 Å². The van der Waals surface area contributed by atoms with Crippen molar-refractivity contribution in [2.45, 2.75) is 195 Å². The summed E-state index contributed by atoms with van der Waals surface area (Å²) in [6.45, 7) is 14.8. The minimum Gasteiger partial charge on any atom is -0.412 e. The number of benzene rings is 7. The Balaban J connectivity index is 0.000000310. The van der Waals surface area contributed by atoms with E-state index in [4.69, 9.17) is 67.2 Å². The van der Waals surface area contributed by atoms with E-state index in [2.05, 4.69) is 142 Å². The zero-order chi connectivity index (χ0) is 99.9. The Hall–Kier alpha value is -9.47. The zero-order valence-electron chi connectivity index (χ0n) is 77.8. The first-order chi connectivity index (χ1) is 64.5. The second-order valence-electron chi connectivity index (χ2n) is 33.8. The number of anilines is 3. The monoisotopic (exact) mass is 2270 g/mol. The van der Waals surface area contributed by atoms with E-state index in [1.165, 1.54) is 98.7 Å². The first-order valence-corrected chi connectivity index (χ1v) is 51.1. The SMILES string of the molecule is C.C.C.CC1(C)OB(c2ccc3nc(F)ncc3c2)OC1(C)C.CN(C)C1CCC(N)CC1.Cc1nc(CS(=O)(=O)c2ccccc2Cl)c(F)cc1-c1ccc2nc(F)ncc2c1.Cc1nc(CS(=O)(=O)c2ccccc2Cl)c(F)cc1-c1ccc2nc(NC3CCC(N(C)C)CC3)ncc2c1.Cc1nc(N)c(F)cc1Br.Cc1nc(NS(=O)(=O)c2ccccc2Cl)c(F)cc1Br.Cl.O.O.Sc1ccccc1Cl. The smallest absolute Gasteiger partial charge is 0.412 e. The first kappa shape index (κ1) is 124. The fraction of sp³-hybridized carbons (Fsp3) is 0.313. The summed E-state index contributed by atoms with van der Waals surface area (Å²) in [6.07, 6.45) is 12.5. The highest BCUT2D eigenvalue weighted by atomic mass is 79.9. The second kappa shape index (κ2) is 54.3. The Labute approximate surface area is 880 Å². The predicted octanol–water partition coefficient (Wildman–Crippen LogP) is 22.8. The lowest BCUT2D eigenvalue weighted by atomic mass is 9.78. The number of nitrogens with two attached hydrogens (primary N) is 2. The quantitative estimate of drug-likeness (QED) is 0.0259. The van der Waals surface area contributed by atoms with E-state index in [-0.39, 0.29) is 110 Å². The van der Waals surface area contributed by atoms with Gasteiger partial charge in [0.15, 0.2) is 42.9 Å². The van der Waals surface area contributed by atoms with Crippen molar-refractivity contribution in [2.75, 3.05) is 44.0 Å². The van der Waals surface area contributed by atoms with Gasteiger partial charge in [0.05, 0.1) is 80.4 Å². The molecule has 1 aliphatic heterocycles. The predicted molar refractivity (Wildman–Crippen MR) is 575 cm³/mol. The maximum atomic E-state index is 15.1. The summed E-state index contributed by atoms with van der Waals surface area (Å²) < 4.78 is 173. The van der Waals surface area contributed by atoms with Gasteiger partial charge in [-0.3, -0.25) is 14.7 Å². The van der Waals surface area contributed by atoms with E-state index in [1.54, 1.807) is 88.5 Å². The number of aryl methyl sites for hydroxylation is 4. The molecule has 143 heavy (non-hydrogen) atoms. The van der Waals surface area contributed by atoms with Crippen LogP contribution in [0.4, 0.5) is 43.9 Å². The number of fused-ring (bicyclic) bond motifs is 3. The van der Waals surface area contributed by atoms with Gasteiger partial charge < -0.3 is 46.8 Å². The van der Waals surface area contributed by atoms with Crippen LogP contribution < -0.4 is 27.0 Å². The van der Waals surface area contributed by atoms with Crippen molar-refractivity contribution in [2.24, 2.45) is 5.73 Å². The summed E-state index contributed by atoms with van der Waals surface area (Å²) in [5.41, 5.74) is 17.1. The number of sulfone groups is 2. The van der Waals surface area contributed by atoms with Crippen LogP contribution in [0, 0.1) is 63.1 Å². The fourth-order valence-corrected chi connectivity index (χ4v) is 20.7. The van der Waals surface area contributed by atoms with Gasteiger partial charge in [-0.2, -0.15) is 8.78 Å². The fourth-order valence-electron chi connectivity index (χ4n) is 14.6. The lowest BCUT2D eigenvalue weighted by molar-refractivity contribution is 0.00578. The maximum absolute atomic E-state index is 15.1. The van der Waals surface area contributed by atoms with Crippen molar-refractivity contribution in [3.8, 4) is 22.3 Å². The highest BCUT2D eigenvalue weighted by molar-refractivity contribution is 9.10. The number of sulfonamides is 1. The molecule has 2 saturated carbocycles. The molecular formula is C99H116BBr2Cl5F6N16O10S4. The molecule has 770 valence electrons. The Bertz CT molecular complexity index is 7010. The molecule has 10 N–H and O–H groups in total. The summed E-state index contributed by atoms with van der Waals surface area (Å²) in [6, 6.07) is 48.8. The minimum absolute atomic E-state index is 0. The highest BCUT2D eigenvalue weighted by Crippen LogP contribution is 2.39. The summed E-state index contributed by atoms with van der Waals surface area (Å²) in [4.78, 5) is 45.0. The molecule has 1 saturated heterocycles. The number of pyridine rings is 4. The Morgan fingerprint density at radius 2 is 0.853 bits per heavy atom. The molecule has 8 heterocycles. The van der Waals surface area contributed by atoms with Gasteiger partial charge in [-0.1, -0.05) is 141 Å². The lowest BCUT2D eigenvalue weighted by Gasteiger charge is -2.32. The summed E-state index contributed by atoms with van der Waals surface area (Å²) in [7, 11) is -3.61. The largest absolute Gasteiger partial charge is 0.494 e. The van der Waals surface area contributed by atoms with Gasteiger partial charge in [-0.25, -0.2) is 82.7 Å². The van der Waals surface area contributed by atoms with Gasteiger partial charge in [0, 0.05) is 95.3 Å². The van der Waals surface area contributed by atoms with Crippen molar-refractivity contribution in [1.82, 2.24) is 59.6 Å². The van der Waals surface area contributed by atoms with Gasteiger partial charge in [0.1, 0.15) is 28.0 Å². The molecule has 0 unspecified atom stereocenters. The van der Waals surface area contributed by atoms with E-state index in [0.717, 1.165) is 70.0 Å². The standard InChI is InChI=1S/C29H31ClFN5O2S.C21H14ClF2N3O2S.C14H16BFN2O2.C12H9BrClFN2O2S.C8H18N2.C6H6BrFN2.C6H5ClS.3CH4.ClH.2H2O/c1-18-23(15-25(31)27(33-18)17-39(37,38)28-7-5-4-6-24(28)30)19-8-13-26-20(14-19)16-32-29(35-26)34-21-9-11-22(12-10-21)36(2)3;1-12-15(13-6-7-18-14(8-13)10-25-21(24)27-18)9-17(23)19(26-12)11-30(28,29)20-5-3-2-4-16(20)22;1-13(2)14(3,4)20-15(19-13)10-5-6-11-9(7-10)8-17-12(16)18-11;1-7-8(13)6-10(15)12(16-7)17-20(18,19)11-5-3-2-4-9(11)14;1-10(2)8-5-3-7(9)4-6-8;1-3-4(7)2-5(8)6(9)10-3;7-5-3-1-2-4-6(5)8;;;;;;/h4-8,13-16,21-22H,9-12,17H2,1-3H3,(H,32,34,35);2-10H,11H2,1H3;5-8H,1-4H3;2-6H,1H3,(H,16,17);7-8H,3-6,9H2,1-2H3;2H,1H3,(H2,9,10);1-4,8H;3*1H4;1H;2*1H2. The van der Waals surface area contributed by atoms with E-state index in [9.17, 15) is 47.2 Å². The van der Waals surface area contributed by atoms with Gasteiger partial charge in [0.25, 0.3) is 10.0 Å². The van der Waals surface area contributed by atoms with Crippen molar-refractivity contribution < 1.29 is 71.9 Å². The Kier molecular flexibility index (Phi) is 47.1. The van der Waals surface area contributed by atoms with Crippen molar-refractivity contribution in [1.29, 1.82) is 0 Å². The number of nitrogens with one attached hydrogen (secondary N) is 2. The number of hydrogen-bond donors (Lipinski definition) is 5. The third-order valence-electron chi connectivity index (χ3n) is 23.0. The normalized spacial score (nSPS) is 15.5. The molecule has 3 aliphatic rings. The zero-order valence-corrected chi connectivity index (χ0v) is 88.2. The summed E-state index contributed by atoms with van der Waals surface area (Å²) in [5, 5.41) is 6.56. The molecule has 44 heteroatoms. The van der Waals surface area contributed by atoms with Crippen LogP contribution in [-0.2, 0) is 50.5 Å².